The van der Waals surface area contributed by atoms with Crippen molar-refractivity contribution in [1.29, 1.82) is 0 Å². The predicted octanol–water partition coefficient (Wildman–Crippen LogP) is 1.06. The molecule has 1 saturated heterocycles. The highest BCUT2D eigenvalue weighted by Gasteiger charge is 2.36. The number of hydrogen-bond donors (Lipinski definition) is 0. The molecule has 1 rings (SSSR count). The van der Waals surface area contributed by atoms with Crippen molar-refractivity contribution in [3.05, 3.63) is 0 Å². The quantitative estimate of drug-likeness (QED) is 0.559. The first-order valence-corrected chi connectivity index (χ1v) is 3.18. The average Bonchev–Trinajstić information content (AvgIpc) is 1.88. The van der Waals surface area contributed by atoms with Gasteiger partial charge < -0.3 is 9.47 Å². The zero-order valence-corrected chi connectivity index (χ0v) is 5.77. The van der Waals surface area contributed by atoms with Crippen molar-refractivity contribution in [1.82, 2.24) is 0 Å². The Balaban J connectivity index is 2.39. The number of ether oxygens (including phenoxy) is 2. The molecule has 0 aromatic heterocycles. The fraction of sp³-hybridized carbons (Fsp3) is 1.00. The van der Waals surface area contributed by atoms with Gasteiger partial charge in [0.2, 0.25) is 0 Å². The maximum absolute atomic E-state index is 12.4. The molecule has 1 atom stereocenters. The van der Waals surface area contributed by atoms with E-state index in [9.17, 15) is 8.78 Å². The number of rotatable bonds is 1. The van der Waals surface area contributed by atoms with Crippen molar-refractivity contribution >= 4 is 0 Å². The summed E-state index contributed by atoms with van der Waals surface area (Å²) in [6.07, 6.45) is -1.05. The largest absolute Gasteiger partial charge is 0.376 e. The van der Waals surface area contributed by atoms with Crippen molar-refractivity contribution in [2.45, 2.75) is 19.0 Å². The summed E-state index contributed by atoms with van der Waals surface area (Å²) in [4.78, 5) is 0. The van der Waals surface area contributed by atoms with Gasteiger partial charge in [-0.25, -0.2) is 8.78 Å². The summed E-state index contributed by atoms with van der Waals surface area (Å²) in [6, 6.07) is 0. The third-order valence-corrected chi connectivity index (χ3v) is 1.38. The minimum atomic E-state index is -2.78. The Morgan fingerprint density at radius 3 is 2.40 bits per heavy atom. The molecule has 10 heavy (non-hydrogen) atoms. The topological polar surface area (TPSA) is 18.5 Å². The van der Waals surface area contributed by atoms with E-state index in [4.69, 9.17) is 9.47 Å². The summed E-state index contributed by atoms with van der Waals surface area (Å²) in [7, 11) is 0. The molecule has 60 valence electrons. The van der Waals surface area contributed by atoms with Crippen molar-refractivity contribution in [3.8, 4) is 0 Å². The first-order chi connectivity index (χ1) is 4.61. The van der Waals surface area contributed by atoms with Gasteiger partial charge in [0.15, 0.2) is 0 Å². The molecule has 0 spiro atoms. The molecule has 0 N–H and O–H groups in total. The second-order valence-corrected chi connectivity index (χ2v) is 2.39. The summed E-state index contributed by atoms with van der Waals surface area (Å²) in [5.74, 6) is -2.78. The van der Waals surface area contributed by atoms with E-state index in [-0.39, 0.29) is 13.2 Å². The van der Waals surface area contributed by atoms with Crippen LogP contribution in [0.5, 0.6) is 0 Å². The standard InChI is InChI=1S/C6H10F2O2/c1-6(7,8)5-4-9-2-3-10-5/h5H,2-4H2,1H3. The van der Waals surface area contributed by atoms with E-state index >= 15 is 0 Å². The Morgan fingerprint density at radius 2 is 2.10 bits per heavy atom. The van der Waals surface area contributed by atoms with Crippen LogP contribution in [0.25, 0.3) is 0 Å². The van der Waals surface area contributed by atoms with E-state index in [1.54, 1.807) is 0 Å². The fourth-order valence-corrected chi connectivity index (χ4v) is 0.780. The molecule has 1 unspecified atom stereocenters. The van der Waals surface area contributed by atoms with E-state index in [2.05, 4.69) is 0 Å². The summed E-state index contributed by atoms with van der Waals surface area (Å²) in [6.45, 7) is 1.54. The average molecular weight is 152 g/mol. The van der Waals surface area contributed by atoms with Crippen LogP contribution in [-0.4, -0.2) is 31.8 Å². The molecule has 0 saturated carbocycles. The van der Waals surface area contributed by atoms with Crippen LogP contribution in [0.4, 0.5) is 8.78 Å². The summed E-state index contributed by atoms with van der Waals surface area (Å²) in [5.41, 5.74) is 0. The number of hydrogen-bond acceptors (Lipinski definition) is 2. The molecule has 0 bridgehead atoms. The molecule has 1 fully saturated rings. The maximum atomic E-state index is 12.4. The minimum Gasteiger partial charge on any atom is -0.376 e. The Bertz CT molecular complexity index is 105. The van der Waals surface area contributed by atoms with Gasteiger partial charge in [-0.3, -0.25) is 0 Å². The Labute approximate surface area is 58.1 Å². The van der Waals surface area contributed by atoms with Crippen molar-refractivity contribution in [2.24, 2.45) is 0 Å². The van der Waals surface area contributed by atoms with Gasteiger partial charge in [-0.05, 0) is 0 Å². The maximum Gasteiger partial charge on any atom is 0.273 e. The highest BCUT2D eigenvalue weighted by molar-refractivity contribution is 4.74. The lowest BCUT2D eigenvalue weighted by Crippen LogP contribution is -2.41. The van der Waals surface area contributed by atoms with Crippen LogP contribution in [0.3, 0.4) is 0 Å². The van der Waals surface area contributed by atoms with Crippen LogP contribution < -0.4 is 0 Å². The first kappa shape index (κ1) is 7.88. The Morgan fingerprint density at radius 1 is 1.40 bits per heavy atom. The highest BCUT2D eigenvalue weighted by atomic mass is 19.3. The van der Waals surface area contributed by atoms with Gasteiger partial charge in [0.25, 0.3) is 5.92 Å². The number of halogens is 2. The molecule has 0 aliphatic carbocycles. The summed E-state index contributed by atoms with van der Waals surface area (Å²) < 4.78 is 34.4. The normalized spacial score (nSPS) is 28.5. The first-order valence-electron chi connectivity index (χ1n) is 3.18. The third kappa shape index (κ3) is 1.88. The smallest absolute Gasteiger partial charge is 0.273 e. The monoisotopic (exact) mass is 152 g/mol. The lowest BCUT2D eigenvalue weighted by Gasteiger charge is -2.27. The predicted molar refractivity (Wildman–Crippen MR) is 31.2 cm³/mol. The van der Waals surface area contributed by atoms with Crippen molar-refractivity contribution in [2.75, 3.05) is 19.8 Å². The molecular weight excluding hydrogens is 142 g/mol. The summed E-state index contributed by atoms with van der Waals surface area (Å²) in [5, 5.41) is 0. The molecule has 0 amide bonds. The van der Waals surface area contributed by atoms with Gasteiger partial charge >= 0.3 is 0 Å². The van der Waals surface area contributed by atoms with Crippen LogP contribution in [0.2, 0.25) is 0 Å². The SMILES string of the molecule is CC(F)(F)C1COCCO1. The fourth-order valence-electron chi connectivity index (χ4n) is 0.780. The Hall–Kier alpha value is -0.220. The zero-order valence-electron chi connectivity index (χ0n) is 5.77. The van der Waals surface area contributed by atoms with E-state index in [0.717, 1.165) is 6.92 Å². The van der Waals surface area contributed by atoms with Gasteiger partial charge in [0.1, 0.15) is 6.10 Å². The zero-order chi connectivity index (χ0) is 7.61. The molecular formula is C6H10F2O2. The lowest BCUT2D eigenvalue weighted by molar-refractivity contribution is -0.185. The molecule has 1 heterocycles. The van der Waals surface area contributed by atoms with Crippen LogP contribution >= 0.6 is 0 Å². The molecule has 4 heteroatoms. The number of alkyl halides is 2. The van der Waals surface area contributed by atoms with E-state index in [0.29, 0.717) is 6.61 Å². The highest BCUT2D eigenvalue weighted by Crippen LogP contribution is 2.22. The van der Waals surface area contributed by atoms with Crippen molar-refractivity contribution < 1.29 is 18.3 Å². The van der Waals surface area contributed by atoms with E-state index < -0.39 is 12.0 Å². The second kappa shape index (κ2) is 2.80. The van der Waals surface area contributed by atoms with Crippen LogP contribution in [-0.2, 0) is 9.47 Å². The van der Waals surface area contributed by atoms with Crippen LogP contribution in [0.15, 0.2) is 0 Å². The third-order valence-electron chi connectivity index (χ3n) is 1.38. The van der Waals surface area contributed by atoms with Gasteiger partial charge in [0.05, 0.1) is 19.8 Å². The van der Waals surface area contributed by atoms with Crippen LogP contribution in [0.1, 0.15) is 6.92 Å². The molecule has 1 aliphatic heterocycles. The van der Waals surface area contributed by atoms with Gasteiger partial charge in [-0.1, -0.05) is 0 Å². The molecule has 1 aliphatic rings. The molecule has 0 aromatic rings. The van der Waals surface area contributed by atoms with Crippen LogP contribution in [0, 0.1) is 0 Å². The van der Waals surface area contributed by atoms with E-state index in [1.807, 2.05) is 0 Å². The van der Waals surface area contributed by atoms with Crippen molar-refractivity contribution in [3.63, 3.8) is 0 Å². The second-order valence-electron chi connectivity index (χ2n) is 2.39. The van der Waals surface area contributed by atoms with Gasteiger partial charge in [0, 0.05) is 6.92 Å². The van der Waals surface area contributed by atoms with Gasteiger partial charge in [-0.15, -0.1) is 0 Å². The Kier molecular flexibility index (Phi) is 2.21. The van der Waals surface area contributed by atoms with E-state index in [1.165, 1.54) is 0 Å². The molecule has 2 nitrogen and oxygen atoms in total. The molecule has 0 radical (unpaired) electrons. The summed E-state index contributed by atoms with van der Waals surface area (Å²) >= 11 is 0. The minimum absolute atomic E-state index is 0.00347. The molecule has 0 aromatic carbocycles. The van der Waals surface area contributed by atoms with Gasteiger partial charge in [-0.2, -0.15) is 0 Å². The lowest BCUT2D eigenvalue weighted by atomic mass is 10.2.